The van der Waals surface area contributed by atoms with Gasteiger partial charge in [0.2, 0.25) is 0 Å². The van der Waals surface area contributed by atoms with Crippen LogP contribution in [-0.2, 0) is 10.0 Å². The number of aromatic nitrogens is 2. The molecule has 0 saturated carbocycles. The van der Waals surface area contributed by atoms with E-state index in [0.29, 0.717) is 5.82 Å². The van der Waals surface area contributed by atoms with Gasteiger partial charge in [-0.3, -0.25) is 4.72 Å². The molecule has 0 aliphatic heterocycles. The van der Waals surface area contributed by atoms with E-state index in [1.54, 1.807) is 24.3 Å². The molecule has 0 radical (unpaired) electrons. The van der Waals surface area contributed by atoms with Crippen LogP contribution in [0, 0.1) is 0 Å². The lowest BCUT2D eigenvalue weighted by atomic mass is 10.1. The van der Waals surface area contributed by atoms with E-state index in [4.69, 9.17) is 11.6 Å². The molecule has 0 bridgehead atoms. The van der Waals surface area contributed by atoms with Gasteiger partial charge in [-0.25, -0.2) is 8.42 Å². The number of rotatable bonds is 6. The fourth-order valence-corrected chi connectivity index (χ4v) is 3.88. The number of sulfonamides is 1. The molecular weight excluding hydrogens is 372 g/mol. The van der Waals surface area contributed by atoms with Gasteiger partial charge < -0.3 is 5.32 Å². The average molecular weight is 389 g/mol. The van der Waals surface area contributed by atoms with Gasteiger partial charge in [-0.1, -0.05) is 54.1 Å². The molecule has 3 aromatic rings. The quantitative estimate of drug-likeness (QED) is 0.664. The molecule has 0 aliphatic carbocycles. The van der Waals surface area contributed by atoms with Crippen LogP contribution < -0.4 is 10.0 Å². The fraction of sp³-hybridized carbons (Fsp3) is 0.111. The van der Waals surface area contributed by atoms with E-state index in [9.17, 15) is 8.42 Å². The standard InChI is InChI=1S/C18H17ClN4O2S/c1-13(14-7-3-2-4-8-14)20-17-11-12-18(22-21-17)23-26(24,25)16-10-6-5-9-15(16)19/h2-13H,1H3,(H,20,21)(H,22,23). The highest BCUT2D eigenvalue weighted by molar-refractivity contribution is 7.92. The van der Waals surface area contributed by atoms with Crippen molar-refractivity contribution in [2.75, 3.05) is 10.0 Å². The Morgan fingerprint density at radius 3 is 2.15 bits per heavy atom. The number of hydrogen-bond donors (Lipinski definition) is 2. The van der Waals surface area contributed by atoms with Crippen molar-refractivity contribution in [3.63, 3.8) is 0 Å². The van der Waals surface area contributed by atoms with E-state index in [0.717, 1.165) is 5.56 Å². The van der Waals surface area contributed by atoms with Crippen molar-refractivity contribution in [2.24, 2.45) is 0 Å². The molecule has 6 nitrogen and oxygen atoms in total. The molecular formula is C18H17ClN4O2S. The summed E-state index contributed by atoms with van der Waals surface area (Å²) in [5, 5.41) is 11.3. The van der Waals surface area contributed by atoms with Gasteiger partial charge in [0.15, 0.2) is 5.82 Å². The molecule has 0 saturated heterocycles. The zero-order valence-corrected chi connectivity index (χ0v) is 15.5. The topological polar surface area (TPSA) is 84.0 Å². The molecule has 1 heterocycles. The lowest BCUT2D eigenvalue weighted by molar-refractivity contribution is 0.601. The average Bonchev–Trinajstić information content (AvgIpc) is 2.64. The molecule has 1 unspecified atom stereocenters. The highest BCUT2D eigenvalue weighted by atomic mass is 35.5. The molecule has 134 valence electrons. The molecule has 2 aromatic carbocycles. The van der Waals surface area contributed by atoms with E-state index < -0.39 is 10.0 Å². The first-order chi connectivity index (χ1) is 12.5. The number of anilines is 2. The van der Waals surface area contributed by atoms with Gasteiger partial charge in [-0.15, -0.1) is 10.2 Å². The van der Waals surface area contributed by atoms with Crippen molar-refractivity contribution in [1.82, 2.24) is 10.2 Å². The summed E-state index contributed by atoms with van der Waals surface area (Å²) in [4.78, 5) is -0.0108. The minimum Gasteiger partial charge on any atom is -0.362 e. The molecule has 0 aliphatic rings. The second kappa shape index (κ2) is 7.72. The third kappa shape index (κ3) is 4.30. The van der Waals surface area contributed by atoms with Crippen LogP contribution in [0.3, 0.4) is 0 Å². The van der Waals surface area contributed by atoms with Gasteiger partial charge in [0, 0.05) is 6.04 Å². The van der Waals surface area contributed by atoms with Crippen LogP contribution in [0.2, 0.25) is 5.02 Å². The van der Waals surface area contributed by atoms with E-state index in [1.807, 2.05) is 37.3 Å². The van der Waals surface area contributed by atoms with Gasteiger partial charge in [0.25, 0.3) is 10.0 Å². The van der Waals surface area contributed by atoms with Gasteiger partial charge >= 0.3 is 0 Å². The van der Waals surface area contributed by atoms with Crippen molar-refractivity contribution in [1.29, 1.82) is 0 Å². The summed E-state index contributed by atoms with van der Waals surface area (Å²) in [7, 11) is -3.83. The third-order valence-electron chi connectivity index (χ3n) is 3.69. The Kier molecular flexibility index (Phi) is 5.39. The van der Waals surface area contributed by atoms with Crippen LogP contribution in [0.4, 0.5) is 11.6 Å². The summed E-state index contributed by atoms with van der Waals surface area (Å²) >= 11 is 5.95. The molecule has 26 heavy (non-hydrogen) atoms. The predicted octanol–water partition coefficient (Wildman–Crippen LogP) is 4.10. The van der Waals surface area contributed by atoms with Crippen molar-refractivity contribution >= 4 is 33.3 Å². The molecule has 0 fully saturated rings. The summed E-state index contributed by atoms with van der Waals surface area (Å²) in [6.07, 6.45) is 0. The maximum atomic E-state index is 12.4. The summed E-state index contributed by atoms with van der Waals surface area (Å²) < 4.78 is 27.2. The fourth-order valence-electron chi connectivity index (χ4n) is 2.37. The number of halogens is 1. The zero-order valence-electron chi connectivity index (χ0n) is 13.9. The maximum Gasteiger partial charge on any atom is 0.264 e. The van der Waals surface area contributed by atoms with Crippen LogP contribution in [0.5, 0.6) is 0 Å². The van der Waals surface area contributed by atoms with E-state index in [-0.39, 0.29) is 21.8 Å². The van der Waals surface area contributed by atoms with E-state index >= 15 is 0 Å². The Balaban J connectivity index is 1.71. The highest BCUT2D eigenvalue weighted by Crippen LogP contribution is 2.23. The normalized spacial score (nSPS) is 12.4. The second-order valence-electron chi connectivity index (χ2n) is 5.62. The highest BCUT2D eigenvalue weighted by Gasteiger charge is 2.18. The second-order valence-corrected chi connectivity index (χ2v) is 7.67. The molecule has 3 rings (SSSR count). The van der Waals surface area contributed by atoms with Crippen molar-refractivity contribution < 1.29 is 8.42 Å². The number of nitrogens with zero attached hydrogens (tertiary/aromatic N) is 2. The zero-order chi connectivity index (χ0) is 18.6. The number of hydrogen-bond acceptors (Lipinski definition) is 5. The lowest BCUT2D eigenvalue weighted by Gasteiger charge is -2.14. The minimum atomic E-state index is -3.83. The minimum absolute atomic E-state index is 0.0108. The largest absolute Gasteiger partial charge is 0.362 e. The van der Waals surface area contributed by atoms with Gasteiger partial charge in [-0.2, -0.15) is 0 Å². The molecule has 8 heteroatoms. The molecule has 1 aromatic heterocycles. The van der Waals surface area contributed by atoms with Crippen LogP contribution in [0.15, 0.2) is 71.6 Å². The van der Waals surface area contributed by atoms with Crippen LogP contribution >= 0.6 is 11.6 Å². The number of nitrogens with one attached hydrogen (secondary N) is 2. The monoisotopic (exact) mass is 388 g/mol. The third-order valence-corrected chi connectivity index (χ3v) is 5.55. The van der Waals surface area contributed by atoms with Gasteiger partial charge in [0.1, 0.15) is 10.7 Å². The molecule has 1 atom stereocenters. The maximum absolute atomic E-state index is 12.4. The van der Waals surface area contributed by atoms with Gasteiger partial charge in [0.05, 0.1) is 5.02 Å². The Morgan fingerprint density at radius 1 is 0.885 bits per heavy atom. The first-order valence-electron chi connectivity index (χ1n) is 7.88. The lowest BCUT2D eigenvalue weighted by Crippen LogP contribution is -2.15. The van der Waals surface area contributed by atoms with Crippen LogP contribution in [-0.4, -0.2) is 18.6 Å². The molecule has 2 N–H and O–H groups in total. The van der Waals surface area contributed by atoms with Crippen molar-refractivity contribution in [3.8, 4) is 0 Å². The number of benzene rings is 2. The Bertz CT molecular complexity index is 980. The SMILES string of the molecule is CC(Nc1ccc(NS(=O)(=O)c2ccccc2Cl)nn1)c1ccccc1. The van der Waals surface area contributed by atoms with E-state index in [2.05, 4.69) is 20.2 Å². The Hall–Kier alpha value is -2.64. The Morgan fingerprint density at radius 2 is 1.50 bits per heavy atom. The van der Waals surface area contributed by atoms with E-state index in [1.165, 1.54) is 12.1 Å². The van der Waals surface area contributed by atoms with Crippen LogP contribution in [0.25, 0.3) is 0 Å². The van der Waals surface area contributed by atoms with Crippen molar-refractivity contribution in [3.05, 3.63) is 77.3 Å². The Labute approximate surface area is 157 Å². The summed E-state index contributed by atoms with van der Waals surface area (Å²) in [5.74, 6) is 0.657. The van der Waals surface area contributed by atoms with Gasteiger partial charge in [-0.05, 0) is 36.8 Å². The summed E-state index contributed by atoms with van der Waals surface area (Å²) in [6.45, 7) is 2.00. The summed E-state index contributed by atoms with van der Waals surface area (Å²) in [6, 6.07) is 19.4. The first-order valence-corrected chi connectivity index (χ1v) is 9.74. The van der Waals surface area contributed by atoms with Crippen molar-refractivity contribution in [2.45, 2.75) is 17.9 Å². The molecule has 0 spiro atoms. The molecule has 0 amide bonds. The first kappa shape index (κ1) is 18.2. The van der Waals surface area contributed by atoms with Crippen LogP contribution in [0.1, 0.15) is 18.5 Å². The predicted molar refractivity (Wildman–Crippen MR) is 103 cm³/mol. The summed E-state index contributed by atoms with van der Waals surface area (Å²) in [5.41, 5.74) is 1.11. The smallest absolute Gasteiger partial charge is 0.264 e.